The quantitative estimate of drug-likeness (QED) is 0.863. The monoisotopic (exact) mass is 296 g/mol. The lowest BCUT2D eigenvalue weighted by Gasteiger charge is -2.43. The molecule has 1 amide bonds. The molecule has 2 saturated heterocycles. The van der Waals surface area contributed by atoms with Crippen LogP contribution in [0.25, 0.3) is 0 Å². The summed E-state index contributed by atoms with van der Waals surface area (Å²) in [5.74, 6) is -0.698. The Morgan fingerprint density at radius 2 is 1.90 bits per heavy atom. The molecule has 0 aromatic carbocycles. The molecule has 0 spiro atoms. The first-order valence-electron chi connectivity index (χ1n) is 8.27. The van der Waals surface area contributed by atoms with Gasteiger partial charge in [0.05, 0.1) is 6.54 Å². The Balaban J connectivity index is 2.04. The lowest BCUT2D eigenvalue weighted by molar-refractivity contribution is -0.155. The number of rotatable bonds is 4. The number of carbonyl (C=O) groups excluding carboxylic acids is 1. The summed E-state index contributed by atoms with van der Waals surface area (Å²) >= 11 is 0. The molecule has 0 aliphatic carbocycles. The topological polar surface area (TPSA) is 60.9 Å². The molecule has 2 atom stereocenters. The summed E-state index contributed by atoms with van der Waals surface area (Å²) in [4.78, 5) is 28.1. The summed E-state index contributed by atoms with van der Waals surface area (Å²) in [7, 11) is 0. The van der Waals surface area contributed by atoms with Crippen LogP contribution in [-0.2, 0) is 9.59 Å². The zero-order valence-corrected chi connectivity index (χ0v) is 13.3. The largest absolute Gasteiger partial charge is 0.480 e. The maximum absolute atomic E-state index is 12.6. The number of carbonyl (C=O) groups is 2. The molecular weight excluding hydrogens is 268 g/mol. The number of hydrogen-bond donors (Lipinski definition) is 1. The number of piperidine rings is 2. The van der Waals surface area contributed by atoms with Gasteiger partial charge in [-0.05, 0) is 58.4 Å². The van der Waals surface area contributed by atoms with Gasteiger partial charge in [0.1, 0.15) is 5.54 Å². The molecule has 5 heteroatoms. The van der Waals surface area contributed by atoms with Gasteiger partial charge in [0.25, 0.3) is 0 Å². The van der Waals surface area contributed by atoms with Crippen LogP contribution in [0.15, 0.2) is 0 Å². The maximum atomic E-state index is 12.6. The van der Waals surface area contributed by atoms with Crippen LogP contribution in [-0.4, -0.2) is 58.0 Å². The van der Waals surface area contributed by atoms with Crippen molar-refractivity contribution in [2.45, 2.75) is 70.4 Å². The van der Waals surface area contributed by atoms with Crippen LogP contribution in [0.1, 0.15) is 58.8 Å². The van der Waals surface area contributed by atoms with Crippen LogP contribution in [0.3, 0.4) is 0 Å². The average Bonchev–Trinajstić information content (AvgIpc) is 2.49. The highest BCUT2D eigenvalue weighted by molar-refractivity contribution is 5.82. The molecule has 120 valence electrons. The van der Waals surface area contributed by atoms with Crippen molar-refractivity contribution in [1.82, 2.24) is 9.80 Å². The Hall–Kier alpha value is -1.10. The number of carboxylic acids is 1. The van der Waals surface area contributed by atoms with E-state index in [0.717, 1.165) is 38.6 Å². The predicted molar refractivity (Wildman–Crippen MR) is 81.1 cm³/mol. The number of nitrogens with zero attached hydrogens (tertiary/aromatic N) is 2. The highest BCUT2D eigenvalue weighted by atomic mass is 16.4. The van der Waals surface area contributed by atoms with E-state index in [1.165, 1.54) is 6.42 Å². The summed E-state index contributed by atoms with van der Waals surface area (Å²) in [6.07, 6.45) is 6.87. The van der Waals surface area contributed by atoms with Crippen molar-refractivity contribution in [1.29, 1.82) is 0 Å². The fraction of sp³-hybridized carbons (Fsp3) is 0.875. The number of carboxylic acid groups (broad SMARTS) is 1. The fourth-order valence-electron chi connectivity index (χ4n) is 3.68. The molecule has 2 fully saturated rings. The van der Waals surface area contributed by atoms with E-state index in [2.05, 4.69) is 6.92 Å². The molecule has 0 aromatic rings. The van der Waals surface area contributed by atoms with Crippen molar-refractivity contribution in [3.8, 4) is 0 Å². The van der Waals surface area contributed by atoms with E-state index in [1.807, 2.05) is 9.80 Å². The first kappa shape index (κ1) is 16.3. The number of aliphatic carboxylic acids is 1. The maximum Gasteiger partial charge on any atom is 0.323 e. The minimum atomic E-state index is -0.884. The van der Waals surface area contributed by atoms with Crippen molar-refractivity contribution in [3.05, 3.63) is 0 Å². The summed E-state index contributed by atoms with van der Waals surface area (Å²) < 4.78 is 0. The van der Waals surface area contributed by atoms with E-state index in [9.17, 15) is 14.7 Å². The molecule has 21 heavy (non-hydrogen) atoms. The van der Waals surface area contributed by atoms with Gasteiger partial charge in [-0.15, -0.1) is 0 Å². The van der Waals surface area contributed by atoms with Gasteiger partial charge in [-0.1, -0.05) is 6.92 Å². The van der Waals surface area contributed by atoms with Crippen LogP contribution in [0, 0.1) is 0 Å². The molecule has 0 aromatic heterocycles. The fourth-order valence-corrected chi connectivity index (χ4v) is 3.68. The van der Waals surface area contributed by atoms with Gasteiger partial charge in [0, 0.05) is 12.6 Å². The van der Waals surface area contributed by atoms with E-state index in [-0.39, 0.29) is 12.5 Å². The molecule has 2 unspecified atom stereocenters. The second-order valence-corrected chi connectivity index (χ2v) is 6.60. The number of likely N-dealkylation sites (tertiary alicyclic amines) is 2. The second-order valence-electron chi connectivity index (χ2n) is 6.60. The van der Waals surface area contributed by atoms with Crippen molar-refractivity contribution in [3.63, 3.8) is 0 Å². The molecular formula is C16H28N2O3. The van der Waals surface area contributed by atoms with Crippen LogP contribution in [0.5, 0.6) is 0 Å². The van der Waals surface area contributed by atoms with E-state index in [1.54, 1.807) is 6.92 Å². The first-order valence-corrected chi connectivity index (χ1v) is 8.27. The normalized spacial score (nSPS) is 31.1. The smallest absolute Gasteiger partial charge is 0.323 e. The average molecular weight is 296 g/mol. The summed E-state index contributed by atoms with van der Waals surface area (Å²) in [6, 6.07) is 0.340. The zero-order valence-electron chi connectivity index (χ0n) is 13.3. The first-order chi connectivity index (χ1) is 9.99. The van der Waals surface area contributed by atoms with Crippen molar-refractivity contribution in [2.24, 2.45) is 0 Å². The van der Waals surface area contributed by atoms with Crippen molar-refractivity contribution in [2.75, 3.05) is 19.6 Å². The van der Waals surface area contributed by atoms with E-state index in [0.29, 0.717) is 19.0 Å². The Morgan fingerprint density at radius 3 is 2.57 bits per heavy atom. The third kappa shape index (κ3) is 3.39. The minimum Gasteiger partial charge on any atom is -0.480 e. The van der Waals surface area contributed by atoms with Crippen molar-refractivity contribution < 1.29 is 14.7 Å². The zero-order chi connectivity index (χ0) is 15.5. The van der Waals surface area contributed by atoms with Crippen LogP contribution >= 0.6 is 0 Å². The highest BCUT2D eigenvalue weighted by Crippen LogP contribution is 2.29. The van der Waals surface area contributed by atoms with Gasteiger partial charge in [-0.3, -0.25) is 14.5 Å². The predicted octanol–water partition coefficient (Wildman–Crippen LogP) is 2.11. The molecule has 0 saturated carbocycles. The number of hydrogen-bond acceptors (Lipinski definition) is 3. The van der Waals surface area contributed by atoms with Gasteiger partial charge in [-0.2, -0.15) is 0 Å². The lowest BCUT2D eigenvalue weighted by atomic mass is 9.88. The van der Waals surface area contributed by atoms with Gasteiger partial charge < -0.3 is 10.0 Å². The Morgan fingerprint density at radius 1 is 1.19 bits per heavy atom. The third-order valence-electron chi connectivity index (χ3n) is 5.25. The Kier molecular flexibility index (Phi) is 5.25. The van der Waals surface area contributed by atoms with Gasteiger partial charge in [0.2, 0.25) is 5.91 Å². The van der Waals surface area contributed by atoms with Crippen LogP contribution < -0.4 is 0 Å². The molecule has 2 heterocycles. The van der Waals surface area contributed by atoms with Gasteiger partial charge in [0.15, 0.2) is 0 Å². The highest BCUT2D eigenvalue weighted by Gasteiger charge is 2.42. The molecule has 0 radical (unpaired) electrons. The van der Waals surface area contributed by atoms with Crippen LogP contribution in [0.4, 0.5) is 0 Å². The van der Waals surface area contributed by atoms with Gasteiger partial charge in [-0.25, -0.2) is 0 Å². The molecule has 2 aliphatic rings. The summed E-state index contributed by atoms with van der Waals surface area (Å²) in [5.41, 5.74) is -0.884. The van der Waals surface area contributed by atoms with Crippen LogP contribution in [0.2, 0.25) is 0 Å². The molecule has 2 aliphatic heterocycles. The number of amides is 1. The molecule has 1 N–H and O–H groups in total. The standard InChI is InChI=1S/C16H28N2O3/c1-3-13-8-4-6-11-18(13)14(19)12-17-10-7-5-9-16(17,2)15(20)21/h13H,3-12H2,1-2H3,(H,20,21). The summed E-state index contributed by atoms with van der Waals surface area (Å²) in [5, 5.41) is 9.52. The van der Waals surface area contributed by atoms with E-state index in [4.69, 9.17) is 0 Å². The van der Waals surface area contributed by atoms with Gasteiger partial charge >= 0.3 is 5.97 Å². The Bertz CT molecular complexity index is 399. The van der Waals surface area contributed by atoms with E-state index >= 15 is 0 Å². The SMILES string of the molecule is CCC1CCCCN1C(=O)CN1CCCCC1(C)C(=O)O. The minimum absolute atomic E-state index is 0.107. The molecule has 5 nitrogen and oxygen atoms in total. The molecule has 2 rings (SSSR count). The Labute approximate surface area is 127 Å². The van der Waals surface area contributed by atoms with E-state index < -0.39 is 11.5 Å². The molecule has 0 bridgehead atoms. The summed E-state index contributed by atoms with van der Waals surface area (Å²) in [6.45, 7) is 5.67. The van der Waals surface area contributed by atoms with Crippen molar-refractivity contribution >= 4 is 11.9 Å². The second kappa shape index (κ2) is 6.77. The lowest BCUT2D eigenvalue weighted by Crippen LogP contribution is -2.58. The third-order valence-corrected chi connectivity index (χ3v) is 5.25.